The van der Waals surface area contributed by atoms with E-state index in [2.05, 4.69) is 20.6 Å². The van der Waals surface area contributed by atoms with Gasteiger partial charge in [-0.3, -0.25) is 9.59 Å². The zero-order valence-electron chi connectivity index (χ0n) is 16.9. The van der Waals surface area contributed by atoms with E-state index < -0.39 is 0 Å². The van der Waals surface area contributed by atoms with E-state index in [1.165, 1.54) is 44.5 Å². The van der Waals surface area contributed by atoms with Gasteiger partial charge in [0.25, 0.3) is 11.8 Å². The summed E-state index contributed by atoms with van der Waals surface area (Å²) < 4.78 is 0. The molecule has 0 radical (unpaired) electrons. The van der Waals surface area contributed by atoms with Crippen LogP contribution in [0.3, 0.4) is 0 Å². The van der Waals surface area contributed by atoms with Crippen LogP contribution in [0.4, 0.5) is 5.82 Å². The highest BCUT2D eigenvalue weighted by Crippen LogP contribution is 2.26. The van der Waals surface area contributed by atoms with Crippen LogP contribution < -0.4 is 10.6 Å². The van der Waals surface area contributed by atoms with Crippen molar-refractivity contribution >= 4 is 28.4 Å². The summed E-state index contributed by atoms with van der Waals surface area (Å²) in [5, 5.41) is 7.53. The molecule has 1 heterocycles. The Balaban J connectivity index is 1.44. The molecule has 0 spiro atoms. The minimum atomic E-state index is -0.316. The van der Waals surface area contributed by atoms with E-state index in [-0.39, 0.29) is 23.3 Å². The second-order valence-corrected chi connectivity index (χ2v) is 7.78. The molecule has 6 heteroatoms. The van der Waals surface area contributed by atoms with E-state index in [4.69, 9.17) is 0 Å². The van der Waals surface area contributed by atoms with Crippen molar-refractivity contribution in [3.8, 4) is 0 Å². The molecule has 2 aromatic carbocycles. The molecule has 6 nitrogen and oxygen atoms in total. The van der Waals surface area contributed by atoms with Crippen LogP contribution in [0.25, 0.3) is 10.8 Å². The van der Waals surface area contributed by atoms with Gasteiger partial charge in [-0.1, -0.05) is 68.5 Å². The maximum absolute atomic E-state index is 12.9. The summed E-state index contributed by atoms with van der Waals surface area (Å²) in [5.74, 6) is 0.229. The first-order valence-corrected chi connectivity index (χ1v) is 10.6. The van der Waals surface area contributed by atoms with Crippen LogP contribution >= 0.6 is 0 Å². The number of nitrogens with zero attached hydrogens (tertiary/aromatic N) is 2. The summed E-state index contributed by atoms with van der Waals surface area (Å²) in [6.07, 6.45) is 10.3. The van der Waals surface area contributed by atoms with Gasteiger partial charge in [-0.15, -0.1) is 0 Å². The topological polar surface area (TPSA) is 84.0 Å². The number of benzene rings is 2. The lowest BCUT2D eigenvalue weighted by Crippen LogP contribution is -2.29. The van der Waals surface area contributed by atoms with Crippen LogP contribution in [0.15, 0.2) is 54.9 Å². The fourth-order valence-electron chi connectivity index (χ4n) is 4.14. The maximum Gasteiger partial charge on any atom is 0.273 e. The largest absolute Gasteiger partial charge is 0.351 e. The first-order valence-electron chi connectivity index (χ1n) is 10.6. The third kappa shape index (κ3) is 4.64. The maximum atomic E-state index is 12.9. The van der Waals surface area contributed by atoms with Gasteiger partial charge in [0.1, 0.15) is 0 Å². The van der Waals surface area contributed by atoms with Crippen LogP contribution in [-0.2, 0) is 0 Å². The van der Waals surface area contributed by atoms with Crippen molar-refractivity contribution in [3.63, 3.8) is 0 Å². The highest BCUT2D eigenvalue weighted by Gasteiger charge is 2.19. The van der Waals surface area contributed by atoms with E-state index >= 15 is 0 Å². The predicted octanol–water partition coefficient (Wildman–Crippen LogP) is 4.58. The fraction of sp³-hybridized carbons (Fsp3) is 0.333. The van der Waals surface area contributed by atoms with Crippen LogP contribution in [0.1, 0.15) is 59.4 Å². The number of amides is 2. The molecule has 154 valence electrons. The molecular formula is C24H26N4O2. The van der Waals surface area contributed by atoms with Gasteiger partial charge in [0.15, 0.2) is 11.5 Å². The van der Waals surface area contributed by atoms with Gasteiger partial charge in [0, 0.05) is 24.5 Å². The second-order valence-electron chi connectivity index (χ2n) is 7.78. The van der Waals surface area contributed by atoms with Crippen LogP contribution in [0.5, 0.6) is 0 Å². The predicted molar refractivity (Wildman–Crippen MR) is 117 cm³/mol. The summed E-state index contributed by atoms with van der Waals surface area (Å²) in [7, 11) is 0. The van der Waals surface area contributed by atoms with Gasteiger partial charge < -0.3 is 10.6 Å². The Labute approximate surface area is 176 Å². The average Bonchev–Trinajstić information content (AvgIpc) is 2.79. The molecule has 2 amide bonds. The van der Waals surface area contributed by atoms with E-state index in [0.29, 0.717) is 18.0 Å². The molecule has 0 bridgehead atoms. The monoisotopic (exact) mass is 402 g/mol. The third-order valence-corrected chi connectivity index (χ3v) is 5.74. The normalized spacial score (nSPS) is 14.4. The molecule has 1 fully saturated rings. The van der Waals surface area contributed by atoms with Crippen molar-refractivity contribution in [2.75, 3.05) is 11.9 Å². The minimum absolute atomic E-state index is 0.134. The number of rotatable bonds is 6. The van der Waals surface area contributed by atoms with Gasteiger partial charge >= 0.3 is 0 Å². The average molecular weight is 402 g/mol. The van der Waals surface area contributed by atoms with Gasteiger partial charge in [0.2, 0.25) is 0 Å². The minimum Gasteiger partial charge on any atom is -0.351 e. The molecule has 0 atom stereocenters. The zero-order valence-corrected chi connectivity index (χ0v) is 16.9. The van der Waals surface area contributed by atoms with E-state index in [0.717, 1.165) is 17.2 Å². The molecule has 1 aliphatic rings. The van der Waals surface area contributed by atoms with Gasteiger partial charge in [0.05, 0.1) is 0 Å². The molecule has 1 aromatic heterocycles. The third-order valence-electron chi connectivity index (χ3n) is 5.74. The number of carbonyl (C=O) groups is 2. The molecule has 0 saturated heterocycles. The SMILES string of the molecule is O=C(NCCC1CCCCC1)c1nccnc1NC(=O)c1cccc2ccccc12. The molecule has 0 unspecified atom stereocenters. The van der Waals surface area contributed by atoms with Gasteiger partial charge in [-0.25, -0.2) is 9.97 Å². The first kappa shape index (κ1) is 20.0. The van der Waals surface area contributed by atoms with Crippen LogP contribution in [0.2, 0.25) is 0 Å². The molecule has 0 aliphatic heterocycles. The molecule has 2 N–H and O–H groups in total. The Morgan fingerprint density at radius 2 is 1.67 bits per heavy atom. The smallest absolute Gasteiger partial charge is 0.273 e. The summed E-state index contributed by atoms with van der Waals surface area (Å²) >= 11 is 0. The zero-order chi connectivity index (χ0) is 20.8. The lowest BCUT2D eigenvalue weighted by molar-refractivity contribution is 0.0946. The Morgan fingerprint density at radius 1 is 0.900 bits per heavy atom. The van der Waals surface area contributed by atoms with Crippen molar-refractivity contribution in [1.29, 1.82) is 0 Å². The van der Waals surface area contributed by atoms with Gasteiger partial charge in [-0.2, -0.15) is 0 Å². The molecule has 3 aromatic rings. The lowest BCUT2D eigenvalue weighted by atomic mass is 9.87. The van der Waals surface area contributed by atoms with Crippen molar-refractivity contribution in [1.82, 2.24) is 15.3 Å². The number of hydrogen-bond acceptors (Lipinski definition) is 4. The van der Waals surface area contributed by atoms with Crippen molar-refractivity contribution in [2.24, 2.45) is 5.92 Å². The Bertz CT molecular complexity index is 1040. The fourth-order valence-corrected chi connectivity index (χ4v) is 4.14. The quantitative estimate of drug-likeness (QED) is 0.632. The van der Waals surface area contributed by atoms with Crippen molar-refractivity contribution < 1.29 is 9.59 Å². The number of hydrogen-bond donors (Lipinski definition) is 2. The Morgan fingerprint density at radius 3 is 2.53 bits per heavy atom. The molecule has 1 aliphatic carbocycles. The summed E-state index contributed by atoms with van der Waals surface area (Å²) in [4.78, 5) is 33.9. The van der Waals surface area contributed by atoms with Crippen molar-refractivity contribution in [3.05, 3.63) is 66.1 Å². The number of nitrogens with one attached hydrogen (secondary N) is 2. The van der Waals surface area contributed by atoms with Crippen LogP contribution in [0, 0.1) is 5.92 Å². The van der Waals surface area contributed by atoms with E-state index in [1.54, 1.807) is 6.07 Å². The standard InChI is InChI=1S/C24H26N4O2/c29-23(20-12-6-10-18-9-4-5-11-19(18)20)28-22-21(25-15-16-26-22)24(30)27-14-13-17-7-2-1-3-8-17/h4-6,9-12,15-17H,1-3,7-8,13-14H2,(H,27,30)(H,26,28,29). The molecular weight excluding hydrogens is 376 g/mol. The van der Waals surface area contributed by atoms with Crippen LogP contribution in [-0.4, -0.2) is 28.3 Å². The number of aromatic nitrogens is 2. The van der Waals surface area contributed by atoms with E-state index in [9.17, 15) is 9.59 Å². The summed E-state index contributed by atoms with van der Waals surface area (Å²) in [6, 6.07) is 13.2. The molecule has 1 saturated carbocycles. The molecule has 4 rings (SSSR count). The highest BCUT2D eigenvalue weighted by atomic mass is 16.2. The van der Waals surface area contributed by atoms with Gasteiger partial charge in [-0.05, 0) is 29.2 Å². The van der Waals surface area contributed by atoms with E-state index in [1.807, 2.05) is 36.4 Å². The lowest BCUT2D eigenvalue weighted by Gasteiger charge is -2.21. The summed E-state index contributed by atoms with van der Waals surface area (Å²) in [5.41, 5.74) is 0.664. The second kappa shape index (κ2) is 9.48. The Hall–Kier alpha value is -3.28. The summed E-state index contributed by atoms with van der Waals surface area (Å²) in [6.45, 7) is 0.608. The number of anilines is 1. The highest BCUT2D eigenvalue weighted by molar-refractivity contribution is 6.14. The number of fused-ring (bicyclic) bond motifs is 1. The first-order chi connectivity index (χ1) is 14.7. The van der Waals surface area contributed by atoms with Crippen molar-refractivity contribution in [2.45, 2.75) is 38.5 Å². The molecule has 30 heavy (non-hydrogen) atoms. The Kier molecular flexibility index (Phi) is 6.32. The number of carbonyl (C=O) groups excluding carboxylic acids is 2.